The lowest BCUT2D eigenvalue weighted by Gasteiger charge is -2.39. The van der Waals surface area contributed by atoms with E-state index in [1.165, 1.54) is 82.0 Å². The van der Waals surface area contributed by atoms with Crippen LogP contribution in [0, 0.1) is 13.8 Å². The Morgan fingerprint density at radius 1 is 0.724 bits per heavy atom. The first-order valence-corrected chi connectivity index (χ1v) is 12.9. The van der Waals surface area contributed by atoms with Gasteiger partial charge in [-0.25, -0.2) is 8.42 Å². The molecule has 0 N–H and O–H groups in total. The molecule has 0 spiro atoms. The normalized spacial score (nSPS) is 11.8. The molecular weight excluding hydrogens is 382 g/mol. The van der Waals surface area contributed by atoms with Gasteiger partial charge in [0.15, 0.2) is 0 Å². The zero-order valence-electron chi connectivity index (χ0n) is 19.8. The molecule has 0 aliphatic rings. The van der Waals surface area contributed by atoms with E-state index in [9.17, 15) is 13.0 Å². The molecule has 0 aliphatic carbocycles. The van der Waals surface area contributed by atoms with E-state index in [0.29, 0.717) is 11.1 Å². The van der Waals surface area contributed by atoms with Crippen LogP contribution in [-0.4, -0.2) is 43.6 Å². The molecule has 0 heterocycles. The summed E-state index contributed by atoms with van der Waals surface area (Å²) in [5.74, 6) is 0. The van der Waals surface area contributed by atoms with Crippen LogP contribution in [0.15, 0.2) is 23.1 Å². The predicted octanol–water partition coefficient (Wildman–Crippen LogP) is 6.21. The van der Waals surface area contributed by atoms with Gasteiger partial charge in [-0.2, -0.15) is 0 Å². The second kappa shape index (κ2) is 15.0. The smallest absolute Gasteiger partial charge is 0.124 e. The summed E-state index contributed by atoms with van der Waals surface area (Å²) in [6, 6.07) is 4.94. The number of benzene rings is 1. The highest BCUT2D eigenvalue weighted by Gasteiger charge is 2.24. The van der Waals surface area contributed by atoms with Crippen molar-refractivity contribution in [2.24, 2.45) is 0 Å². The van der Waals surface area contributed by atoms with E-state index < -0.39 is 10.1 Å². The molecule has 0 fully saturated rings. The second-order valence-electron chi connectivity index (χ2n) is 8.33. The Balaban J connectivity index is 0.000000571. The Labute approximate surface area is 181 Å². The Morgan fingerprint density at radius 3 is 1.24 bits per heavy atom. The van der Waals surface area contributed by atoms with Crippen LogP contribution in [0.2, 0.25) is 0 Å². The minimum Gasteiger partial charge on any atom is -0.744 e. The van der Waals surface area contributed by atoms with Gasteiger partial charge in [-0.15, -0.1) is 0 Å². The van der Waals surface area contributed by atoms with Crippen LogP contribution in [0.3, 0.4) is 0 Å². The van der Waals surface area contributed by atoms with Gasteiger partial charge >= 0.3 is 0 Å². The highest BCUT2D eigenvalue weighted by atomic mass is 32.2. The number of nitrogens with zero attached hydrogens (tertiary/aromatic N) is 1. The molecule has 0 radical (unpaired) electrons. The average molecular weight is 428 g/mol. The zero-order valence-corrected chi connectivity index (χ0v) is 20.6. The maximum atomic E-state index is 10.7. The van der Waals surface area contributed by atoms with Crippen molar-refractivity contribution in [2.45, 2.75) is 97.8 Å². The summed E-state index contributed by atoms with van der Waals surface area (Å²) in [5.41, 5.74) is 1.01. The van der Waals surface area contributed by atoms with Gasteiger partial charge in [0.05, 0.1) is 31.1 Å². The van der Waals surface area contributed by atoms with Crippen molar-refractivity contribution in [3.63, 3.8) is 0 Å². The van der Waals surface area contributed by atoms with E-state index in [2.05, 4.69) is 27.7 Å². The van der Waals surface area contributed by atoms with Crippen molar-refractivity contribution in [3.8, 4) is 0 Å². The monoisotopic (exact) mass is 427 g/mol. The van der Waals surface area contributed by atoms with Gasteiger partial charge in [0.1, 0.15) is 10.1 Å². The van der Waals surface area contributed by atoms with E-state index in [0.717, 1.165) is 0 Å². The van der Waals surface area contributed by atoms with Gasteiger partial charge in [0.2, 0.25) is 0 Å². The molecule has 4 nitrogen and oxygen atoms in total. The van der Waals surface area contributed by atoms with Crippen molar-refractivity contribution < 1.29 is 17.5 Å². The highest BCUT2D eigenvalue weighted by Crippen LogP contribution is 2.18. The van der Waals surface area contributed by atoms with Gasteiger partial charge in [-0.05, 0) is 50.7 Å². The number of rotatable bonds is 13. The molecular formula is C24H45NO3S. The Morgan fingerprint density at radius 2 is 1.03 bits per heavy atom. The van der Waals surface area contributed by atoms with Gasteiger partial charge in [-0.1, -0.05) is 71.6 Å². The van der Waals surface area contributed by atoms with E-state index in [-0.39, 0.29) is 4.90 Å². The molecule has 0 unspecified atom stereocenters. The summed E-state index contributed by atoms with van der Waals surface area (Å²) in [7, 11) is -4.31. The summed E-state index contributed by atoms with van der Waals surface area (Å²) in [6.45, 7) is 18.2. The summed E-state index contributed by atoms with van der Waals surface area (Å²) in [6.07, 6.45) is 11.1. The molecule has 0 aromatic heterocycles. The van der Waals surface area contributed by atoms with Crippen molar-refractivity contribution in [1.82, 2.24) is 0 Å². The Kier molecular flexibility index (Phi) is 14.5. The Hall–Kier alpha value is -0.910. The topological polar surface area (TPSA) is 57.2 Å². The van der Waals surface area contributed by atoms with Crippen molar-refractivity contribution in [3.05, 3.63) is 29.3 Å². The lowest BCUT2D eigenvalue weighted by Crippen LogP contribution is -2.50. The number of hydrogen-bond donors (Lipinski definition) is 0. The van der Waals surface area contributed by atoms with Gasteiger partial charge in [0.25, 0.3) is 0 Å². The van der Waals surface area contributed by atoms with E-state index in [4.69, 9.17) is 0 Å². The van der Waals surface area contributed by atoms with E-state index in [1.54, 1.807) is 32.0 Å². The summed E-state index contributed by atoms with van der Waals surface area (Å²) < 4.78 is 33.6. The number of unbranched alkanes of at least 4 members (excludes halogenated alkanes) is 4. The first kappa shape index (κ1) is 28.1. The van der Waals surface area contributed by atoms with E-state index in [1.807, 2.05) is 0 Å². The van der Waals surface area contributed by atoms with Gasteiger partial charge < -0.3 is 9.04 Å². The molecule has 170 valence electrons. The number of quaternary nitrogens is 1. The van der Waals surface area contributed by atoms with Crippen LogP contribution >= 0.6 is 0 Å². The van der Waals surface area contributed by atoms with E-state index >= 15 is 0 Å². The molecule has 29 heavy (non-hydrogen) atoms. The van der Waals surface area contributed by atoms with Crippen LogP contribution in [0.1, 0.15) is 90.2 Å². The lowest BCUT2D eigenvalue weighted by atomic mass is 10.1. The molecule has 0 saturated heterocycles. The van der Waals surface area contributed by atoms with Gasteiger partial charge in [-0.3, -0.25) is 0 Å². The zero-order chi connectivity index (χ0) is 22.3. The SMILES string of the molecule is CCCC[N+](CCCC)(CCCC)CCCC.Cc1cccc(C)c1S(=O)(=O)[O-]. The molecule has 1 aromatic rings. The Bertz CT molecular complexity index is 598. The summed E-state index contributed by atoms with van der Waals surface area (Å²) >= 11 is 0. The highest BCUT2D eigenvalue weighted by molar-refractivity contribution is 7.85. The molecule has 0 saturated carbocycles. The summed E-state index contributed by atoms with van der Waals surface area (Å²) in [5, 5.41) is 0. The van der Waals surface area contributed by atoms with Crippen molar-refractivity contribution in [1.29, 1.82) is 0 Å². The standard InChI is InChI=1S/C16H36N.C8H10O3S/c1-5-9-13-17(14-10-6-2,15-11-7-3)16-12-8-4;1-6-4-3-5-7(2)8(6)12(9,10)11/h5-16H2,1-4H3;3-5H,1-2H3,(H,9,10,11)/q+1;/p-1. The van der Waals surface area contributed by atoms with Crippen LogP contribution < -0.4 is 0 Å². The maximum Gasteiger partial charge on any atom is 0.124 e. The third-order valence-corrected chi connectivity index (χ3v) is 6.75. The van der Waals surface area contributed by atoms with Crippen LogP contribution in [-0.2, 0) is 10.1 Å². The average Bonchev–Trinajstić information content (AvgIpc) is 2.66. The molecule has 1 rings (SSSR count). The van der Waals surface area contributed by atoms with Gasteiger partial charge in [0, 0.05) is 0 Å². The minimum absolute atomic E-state index is 0.0926. The van der Waals surface area contributed by atoms with Crippen LogP contribution in [0.4, 0.5) is 0 Å². The fourth-order valence-corrected chi connectivity index (χ4v) is 4.76. The summed E-state index contributed by atoms with van der Waals surface area (Å²) in [4.78, 5) is -0.0926. The third kappa shape index (κ3) is 11.2. The fraction of sp³-hybridized carbons (Fsp3) is 0.750. The predicted molar refractivity (Wildman–Crippen MR) is 123 cm³/mol. The first-order chi connectivity index (χ1) is 13.7. The fourth-order valence-electron chi connectivity index (χ4n) is 3.84. The van der Waals surface area contributed by atoms with Crippen molar-refractivity contribution in [2.75, 3.05) is 26.2 Å². The number of hydrogen-bond acceptors (Lipinski definition) is 3. The first-order valence-electron chi connectivity index (χ1n) is 11.5. The molecule has 0 amide bonds. The van der Waals surface area contributed by atoms with Crippen LogP contribution in [0.25, 0.3) is 0 Å². The molecule has 0 aliphatic heterocycles. The third-order valence-electron chi connectivity index (χ3n) is 5.60. The molecule has 1 aromatic carbocycles. The largest absolute Gasteiger partial charge is 0.744 e. The molecule has 0 bridgehead atoms. The second-order valence-corrected chi connectivity index (χ2v) is 9.64. The lowest BCUT2D eigenvalue weighted by molar-refractivity contribution is -0.929. The van der Waals surface area contributed by atoms with Crippen LogP contribution in [0.5, 0.6) is 0 Å². The van der Waals surface area contributed by atoms with Crippen molar-refractivity contribution >= 4 is 10.1 Å². The maximum absolute atomic E-state index is 10.7. The minimum atomic E-state index is -4.31. The number of aryl methyl sites for hydroxylation is 2. The quantitative estimate of drug-likeness (QED) is 0.278. The molecule has 5 heteroatoms. The molecule has 0 atom stereocenters.